The van der Waals surface area contributed by atoms with Gasteiger partial charge >= 0.3 is 0 Å². The molecule has 6 nitrogen and oxygen atoms in total. The van der Waals surface area contributed by atoms with Crippen LogP contribution in [0, 0.1) is 11.8 Å². The number of rotatable bonds is 2. The van der Waals surface area contributed by atoms with Crippen LogP contribution in [0.5, 0.6) is 0 Å². The quantitative estimate of drug-likeness (QED) is 0.712. The van der Waals surface area contributed by atoms with Crippen LogP contribution in [0.15, 0.2) is 0 Å². The molecule has 2 saturated heterocycles. The van der Waals surface area contributed by atoms with Crippen LogP contribution in [0.25, 0.3) is 0 Å². The van der Waals surface area contributed by atoms with Gasteiger partial charge < -0.3 is 20.0 Å². The number of carbonyl (C=O) groups is 2. The minimum Gasteiger partial charge on any atom is -0.388 e. The number of aliphatic hydroxyl groups is 2. The van der Waals surface area contributed by atoms with Crippen molar-refractivity contribution in [3.8, 4) is 0 Å². The SMILES string of the molecule is CC(C)C(=O)N1CCC(C(=O)N2C[C@@H](O)[C@@H](O)C2)CC1. The molecule has 2 rings (SSSR count). The first-order valence-electron chi connectivity index (χ1n) is 7.34. The lowest BCUT2D eigenvalue weighted by Gasteiger charge is -2.34. The molecule has 0 aromatic carbocycles. The molecular weight excluding hydrogens is 260 g/mol. The molecule has 2 amide bonds. The minimum atomic E-state index is -0.832. The van der Waals surface area contributed by atoms with Crippen LogP contribution in [-0.2, 0) is 9.59 Å². The van der Waals surface area contributed by atoms with Gasteiger partial charge in [0.05, 0.1) is 12.2 Å². The summed E-state index contributed by atoms with van der Waals surface area (Å²) in [5.74, 6) is 0.0370. The van der Waals surface area contributed by atoms with E-state index in [1.165, 1.54) is 0 Å². The summed E-state index contributed by atoms with van der Waals surface area (Å²) in [6.45, 7) is 5.42. The molecular formula is C14H24N2O4. The molecule has 0 unspecified atom stereocenters. The van der Waals surface area contributed by atoms with Gasteiger partial charge in [-0.25, -0.2) is 0 Å². The Hall–Kier alpha value is -1.14. The van der Waals surface area contributed by atoms with E-state index in [1.807, 2.05) is 18.7 Å². The smallest absolute Gasteiger partial charge is 0.225 e. The van der Waals surface area contributed by atoms with Crippen molar-refractivity contribution in [3.05, 3.63) is 0 Å². The average Bonchev–Trinajstić information content (AvgIpc) is 2.77. The van der Waals surface area contributed by atoms with Gasteiger partial charge in [-0.2, -0.15) is 0 Å². The van der Waals surface area contributed by atoms with Crippen molar-refractivity contribution < 1.29 is 19.8 Å². The van der Waals surface area contributed by atoms with E-state index in [2.05, 4.69) is 0 Å². The fraction of sp³-hybridized carbons (Fsp3) is 0.857. The van der Waals surface area contributed by atoms with E-state index in [0.29, 0.717) is 25.9 Å². The molecule has 0 aromatic rings. The number of hydrogen-bond donors (Lipinski definition) is 2. The van der Waals surface area contributed by atoms with Gasteiger partial charge in [0.25, 0.3) is 0 Å². The second kappa shape index (κ2) is 6.10. The molecule has 20 heavy (non-hydrogen) atoms. The summed E-state index contributed by atoms with van der Waals surface area (Å²) < 4.78 is 0. The molecule has 2 fully saturated rings. The van der Waals surface area contributed by atoms with Crippen LogP contribution in [0.1, 0.15) is 26.7 Å². The molecule has 0 spiro atoms. The molecule has 2 N–H and O–H groups in total. The summed E-state index contributed by atoms with van der Waals surface area (Å²) in [5.41, 5.74) is 0. The van der Waals surface area contributed by atoms with Crippen molar-refractivity contribution in [1.82, 2.24) is 9.80 Å². The summed E-state index contributed by atoms with van der Waals surface area (Å²) in [4.78, 5) is 27.5. The summed E-state index contributed by atoms with van der Waals surface area (Å²) >= 11 is 0. The molecule has 2 aliphatic rings. The number of amides is 2. The predicted molar refractivity (Wildman–Crippen MR) is 72.7 cm³/mol. The summed E-state index contributed by atoms with van der Waals surface area (Å²) in [6, 6.07) is 0. The number of likely N-dealkylation sites (tertiary alicyclic amines) is 2. The Kier molecular flexibility index (Phi) is 4.65. The molecule has 2 atom stereocenters. The van der Waals surface area contributed by atoms with Gasteiger partial charge in [0.2, 0.25) is 11.8 Å². The van der Waals surface area contributed by atoms with Gasteiger partial charge in [0.1, 0.15) is 0 Å². The molecule has 2 aliphatic heterocycles. The normalized spacial score (nSPS) is 28.2. The first-order chi connectivity index (χ1) is 9.40. The monoisotopic (exact) mass is 284 g/mol. The summed E-state index contributed by atoms with van der Waals surface area (Å²) in [5, 5.41) is 19.0. The molecule has 0 radical (unpaired) electrons. The number of carbonyl (C=O) groups excluding carboxylic acids is 2. The van der Waals surface area contributed by atoms with E-state index in [1.54, 1.807) is 4.90 Å². The van der Waals surface area contributed by atoms with Crippen molar-refractivity contribution in [1.29, 1.82) is 0 Å². The topological polar surface area (TPSA) is 81.1 Å². The Morgan fingerprint density at radius 2 is 1.50 bits per heavy atom. The van der Waals surface area contributed by atoms with E-state index >= 15 is 0 Å². The average molecular weight is 284 g/mol. The van der Waals surface area contributed by atoms with Crippen molar-refractivity contribution >= 4 is 11.8 Å². The highest BCUT2D eigenvalue weighted by molar-refractivity contribution is 5.81. The van der Waals surface area contributed by atoms with E-state index < -0.39 is 12.2 Å². The molecule has 2 heterocycles. The zero-order valence-corrected chi connectivity index (χ0v) is 12.2. The van der Waals surface area contributed by atoms with Crippen LogP contribution in [0.2, 0.25) is 0 Å². The molecule has 0 bridgehead atoms. The molecule has 0 saturated carbocycles. The van der Waals surface area contributed by atoms with E-state index in [0.717, 1.165) is 0 Å². The Morgan fingerprint density at radius 1 is 1.00 bits per heavy atom. The maximum atomic E-state index is 12.3. The minimum absolute atomic E-state index is 0.00255. The number of hydrogen-bond acceptors (Lipinski definition) is 4. The fourth-order valence-corrected chi connectivity index (χ4v) is 2.92. The highest BCUT2D eigenvalue weighted by atomic mass is 16.3. The maximum Gasteiger partial charge on any atom is 0.225 e. The van der Waals surface area contributed by atoms with Crippen molar-refractivity contribution in [2.45, 2.75) is 38.9 Å². The highest BCUT2D eigenvalue weighted by Crippen LogP contribution is 2.23. The Labute approximate surface area is 119 Å². The third-order valence-electron chi connectivity index (χ3n) is 4.22. The highest BCUT2D eigenvalue weighted by Gasteiger charge is 2.37. The van der Waals surface area contributed by atoms with Gasteiger partial charge in [-0.3, -0.25) is 9.59 Å². The maximum absolute atomic E-state index is 12.3. The molecule has 6 heteroatoms. The van der Waals surface area contributed by atoms with E-state index in [4.69, 9.17) is 0 Å². The lowest BCUT2D eigenvalue weighted by molar-refractivity contribution is -0.141. The zero-order chi connectivity index (χ0) is 14.9. The van der Waals surface area contributed by atoms with E-state index in [9.17, 15) is 19.8 Å². The molecule has 114 valence electrons. The third kappa shape index (κ3) is 3.12. The first kappa shape index (κ1) is 15.3. The van der Waals surface area contributed by atoms with Crippen LogP contribution in [0.4, 0.5) is 0 Å². The largest absolute Gasteiger partial charge is 0.388 e. The third-order valence-corrected chi connectivity index (χ3v) is 4.22. The second-order valence-electron chi connectivity index (χ2n) is 6.13. The Balaban J connectivity index is 1.85. The van der Waals surface area contributed by atoms with Gasteiger partial charge in [-0.1, -0.05) is 13.8 Å². The lowest BCUT2D eigenvalue weighted by atomic mass is 9.94. The van der Waals surface area contributed by atoms with E-state index in [-0.39, 0.29) is 36.7 Å². The van der Waals surface area contributed by atoms with Crippen LogP contribution < -0.4 is 0 Å². The van der Waals surface area contributed by atoms with Gasteiger partial charge in [0.15, 0.2) is 0 Å². The number of nitrogens with zero attached hydrogens (tertiary/aromatic N) is 2. The van der Waals surface area contributed by atoms with Gasteiger partial charge in [0, 0.05) is 38.0 Å². The summed E-state index contributed by atoms with van der Waals surface area (Å²) in [6.07, 6.45) is -0.330. The number of piperidine rings is 1. The van der Waals surface area contributed by atoms with Crippen LogP contribution in [-0.4, -0.2) is 70.2 Å². The number of aliphatic hydroxyl groups excluding tert-OH is 2. The van der Waals surface area contributed by atoms with Gasteiger partial charge in [-0.05, 0) is 12.8 Å². The predicted octanol–water partition coefficient (Wildman–Crippen LogP) is -0.555. The lowest BCUT2D eigenvalue weighted by Crippen LogP contribution is -2.45. The van der Waals surface area contributed by atoms with Crippen molar-refractivity contribution in [2.24, 2.45) is 11.8 Å². The van der Waals surface area contributed by atoms with Crippen molar-refractivity contribution in [3.63, 3.8) is 0 Å². The molecule has 0 aliphatic carbocycles. The van der Waals surface area contributed by atoms with Crippen LogP contribution >= 0.6 is 0 Å². The van der Waals surface area contributed by atoms with Crippen LogP contribution in [0.3, 0.4) is 0 Å². The number of β-amino-alcohol motifs (C(OH)–C–C–N with tert-alkyl or cyclic N) is 2. The van der Waals surface area contributed by atoms with Gasteiger partial charge in [-0.15, -0.1) is 0 Å². The first-order valence-corrected chi connectivity index (χ1v) is 7.34. The Bertz CT molecular complexity index is 367. The Morgan fingerprint density at radius 3 is 1.95 bits per heavy atom. The fourth-order valence-electron chi connectivity index (χ4n) is 2.92. The molecule has 0 aromatic heterocycles. The standard InChI is InChI=1S/C14H24N2O4/c1-9(2)13(19)15-5-3-10(4-6-15)14(20)16-7-11(17)12(18)8-16/h9-12,17-18H,3-8H2,1-2H3/t11-,12+. The summed E-state index contributed by atoms with van der Waals surface area (Å²) in [7, 11) is 0. The zero-order valence-electron chi connectivity index (χ0n) is 12.2. The van der Waals surface area contributed by atoms with Crippen molar-refractivity contribution in [2.75, 3.05) is 26.2 Å². The second-order valence-corrected chi connectivity index (χ2v) is 6.13.